The highest BCUT2D eigenvalue weighted by atomic mass is 19.1. The molecule has 7 nitrogen and oxygen atoms in total. The molecular formula is C15H18FN3O4. The van der Waals surface area contributed by atoms with Crippen LogP contribution >= 0.6 is 0 Å². The fourth-order valence-corrected chi connectivity index (χ4v) is 1.79. The summed E-state index contributed by atoms with van der Waals surface area (Å²) in [6.45, 7) is 2.59. The molecule has 1 amide bonds. The molecule has 0 bridgehead atoms. The molecule has 1 aromatic carbocycles. The number of benzene rings is 1. The van der Waals surface area contributed by atoms with Gasteiger partial charge in [-0.2, -0.15) is 4.98 Å². The Bertz CT molecular complexity index is 699. The Kier molecular flexibility index (Phi) is 5.79. The summed E-state index contributed by atoms with van der Waals surface area (Å²) in [5.74, 6) is 0.477. The van der Waals surface area contributed by atoms with Crippen LogP contribution in [-0.2, 0) is 0 Å². The van der Waals surface area contributed by atoms with E-state index in [4.69, 9.17) is 14.3 Å². The van der Waals surface area contributed by atoms with Crippen molar-refractivity contribution in [2.24, 2.45) is 0 Å². The van der Waals surface area contributed by atoms with Crippen LogP contribution in [-0.4, -0.2) is 35.9 Å². The van der Waals surface area contributed by atoms with E-state index in [0.717, 1.165) is 13.0 Å². The third kappa shape index (κ3) is 4.87. The van der Waals surface area contributed by atoms with Crippen molar-refractivity contribution in [2.75, 3.05) is 25.0 Å². The van der Waals surface area contributed by atoms with Crippen molar-refractivity contribution in [3.8, 4) is 5.75 Å². The topological polar surface area (TPSA) is 96.6 Å². The predicted molar refractivity (Wildman–Crippen MR) is 83.5 cm³/mol. The zero-order chi connectivity index (χ0) is 16.7. The number of halogens is 1. The fraction of sp³-hybridized carbons (Fsp3) is 0.333. The second-order valence-electron chi connectivity index (χ2n) is 4.79. The number of fused-ring (bicyclic) bond motifs is 1. The zero-order valence-electron chi connectivity index (χ0n) is 12.6. The number of ether oxygens (including phenoxy) is 1. The molecule has 0 radical (unpaired) electrons. The number of carbonyl (C=O) groups is 1. The van der Waals surface area contributed by atoms with Gasteiger partial charge in [0.15, 0.2) is 5.58 Å². The van der Waals surface area contributed by atoms with E-state index in [0.29, 0.717) is 29.2 Å². The summed E-state index contributed by atoms with van der Waals surface area (Å²) >= 11 is 0. The van der Waals surface area contributed by atoms with Crippen LogP contribution in [0.3, 0.4) is 0 Å². The SMILES string of the molecule is CCCNc1nc2ccc(OCC(=CF)CNC(=O)O)cc2o1. The van der Waals surface area contributed by atoms with Crippen LogP contribution in [0.15, 0.2) is 34.5 Å². The first-order chi connectivity index (χ1) is 11.1. The molecule has 2 rings (SSSR count). The molecule has 0 fully saturated rings. The van der Waals surface area contributed by atoms with E-state index in [-0.39, 0.29) is 18.7 Å². The maximum absolute atomic E-state index is 12.7. The Labute approximate surface area is 132 Å². The van der Waals surface area contributed by atoms with Gasteiger partial charge in [-0.25, -0.2) is 9.18 Å². The Morgan fingerprint density at radius 1 is 1.52 bits per heavy atom. The Morgan fingerprint density at radius 2 is 2.35 bits per heavy atom. The minimum absolute atomic E-state index is 0.0721. The van der Waals surface area contributed by atoms with Gasteiger partial charge in [-0.15, -0.1) is 0 Å². The van der Waals surface area contributed by atoms with Gasteiger partial charge in [0.05, 0.1) is 6.33 Å². The van der Waals surface area contributed by atoms with E-state index < -0.39 is 6.09 Å². The number of nitrogens with one attached hydrogen (secondary N) is 2. The summed E-state index contributed by atoms with van der Waals surface area (Å²) in [7, 11) is 0. The number of hydrogen-bond acceptors (Lipinski definition) is 5. The van der Waals surface area contributed by atoms with E-state index in [1.54, 1.807) is 18.2 Å². The van der Waals surface area contributed by atoms with Crippen molar-refractivity contribution in [3.05, 3.63) is 30.1 Å². The van der Waals surface area contributed by atoms with Gasteiger partial charge in [0.25, 0.3) is 6.01 Å². The Hall–Kier alpha value is -2.77. The number of carboxylic acid groups (broad SMARTS) is 1. The van der Waals surface area contributed by atoms with E-state index in [1.807, 2.05) is 6.92 Å². The molecule has 0 aliphatic rings. The number of hydrogen-bond donors (Lipinski definition) is 3. The molecule has 2 aromatic rings. The van der Waals surface area contributed by atoms with E-state index in [1.165, 1.54) is 0 Å². The number of rotatable bonds is 8. The molecule has 0 saturated carbocycles. The van der Waals surface area contributed by atoms with Gasteiger partial charge in [0.2, 0.25) is 0 Å². The van der Waals surface area contributed by atoms with Gasteiger partial charge in [0, 0.05) is 24.7 Å². The third-order valence-corrected chi connectivity index (χ3v) is 2.93. The summed E-state index contributed by atoms with van der Waals surface area (Å²) in [6, 6.07) is 5.52. The first kappa shape index (κ1) is 16.6. The number of amides is 1. The number of oxazole rings is 1. The van der Waals surface area contributed by atoms with E-state index >= 15 is 0 Å². The van der Waals surface area contributed by atoms with Crippen molar-refractivity contribution >= 4 is 23.2 Å². The number of anilines is 1. The number of aromatic nitrogens is 1. The highest BCUT2D eigenvalue weighted by Gasteiger charge is 2.08. The largest absolute Gasteiger partial charge is 0.489 e. The summed E-state index contributed by atoms with van der Waals surface area (Å²) < 4.78 is 23.7. The van der Waals surface area contributed by atoms with Crippen LogP contribution < -0.4 is 15.4 Å². The lowest BCUT2D eigenvalue weighted by atomic mass is 10.3. The minimum Gasteiger partial charge on any atom is -0.489 e. The van der Waals surface area contributed by atoms with E-state index in [9.17, 15) is 9.18 Å². The van der Waals surface area contributed by atoms with Crippen LogP contribution in [0.1, 0.15) is 13.3 Å². The summed E-state index contributed by atoms with van der Waals surface area (Å²) in [6.07, 6.45) is 0.0606. The zero-order valence-corrected chi connectivity index (χ0v) is 12.6. The molecule has 0 aliphatic heterocycles. The lowest BCUT2D eigenvalue weighted by molar-refractivity contribution is 0.195. The van der Waals surface area contributed by atoms with Crippen molar-refractivity contribution < 1.29 is 23.4 Å². The third-order valence-electron chi connectivity index (χ3n) is 2.93. The van der Waals surface area contributed by atoms with Crippen LogP contribution in [0, 0.1) is 0 Å². The lowest BCUT2D eigenvalue weighted by Gasteiger charge is -2.08. The molecule has 3 N–H and O–H groups in total. The average molecular weight is 323 g/mol. The second kappa shape index (κ2) is 8.02. The number of nitrogens with zero attached hydrogens (tertiary/aromatic N) is 1. The monoisotopic (exact) mass is 323 g/mol. The van der Waals surface area contributed by atoms with Crippen LogP contribution in [0.2, 0.25) is 0 Å². The minimum atomic E-state index is -1.22. The predicted octanol–water partition coefficient (Wildman–Crippen LogP) is 3.15. The van der Waals surface area contributed by atoms with Gasteiger partial charge in [-0.05, 0) is 18.6 Å². The molecule has 1 aromatic heterocycles. The van der Waals surface area contributed by atoms with Crippen molar-refractivity contribution in [2.45, 2.75) is 13.3 Å². The van der Waals surface area contributed by atoms with Gasteiger partial charge in [-0.3, -0.25) is 0 Å². The summed E-state index contributed by atoms with van der Waals surface area (Å²) in [5, 5.41) is 13.6. The van der Waals surface area contributed by atoms with Gasteiger partial charge in [0.1, 0.15) is 17.9 Å². The highest BCUT2D eigenvalue weighted by Crippen LogP contribution is 2.24. The molecule has 8 heteroatoms. The standard InChI is InChI=1S/C15H18FN3O4/c1-2-5-17-14-19-12-4-3-11(6-13(12)23-14)22-9-10(7-16)8-18-15(20)21/h3-4,6-7,18H,2,5,8-9H2,1H3,(H,17,19)(H,20,21). The molecule has 0 unspecified atom stereocenters. The molecule has 124 valence electrons. The van der Waals surface area contributed by atoms with E-state index in [2.05, 4.69) is 15.6 Å². The highest BCUT2D eigenvalue weighted by molar-refractivity contribution is 5.76. The van der Waals surface area contributed by atoms with Crippen molar-refractivity contribution in [1.82, 2.24) is 10.3 Å². The maximum Gasteiger partial charge on any atom is 0.404 e. The first-order valence-corrected chi connectivity index (χ1v) is 7.14. The fourth-order valence-electron chi connectivity index (χ4n) is 1.79. The van der Waals surface area contributed by atoms with Gasteiger partial charge in [-0.1, -0.05) is 6.92 Å². The molecule has 0 atom stereocenters. The Morgan fingerprint density at radius 3 is 3.04 bits per heavy atom. The first-order valence-electron chi connectivity index (χ1n) is 7.14. The normalized spacial score (nSPS) is 11.5. The smallest absolute Gasteiger partial charge is 0.404 e. The average Bonchev–Trinajstić information content (AvgIpc) is 2.94. The molecule has 0 aliphatic carbocycles. The maximum atomic E-state index is 12.7. The summed E-state index contributed by atoms with van der Waals surface area (Å²) in [5.41, 5.74) is 1.41. The van der Waals surface area contributed by atoms with Crippen LogP contribution in [0.25, 0.3) is 11.1 Å². The van der Waals surface area contributed by atoms with Gasteiger partial charge < -0.3 is 24.9 Å². The van der Waals surface area contributed by atoms with Crippen LogP contribution in [0.4, 0.5) is 15.2 Å². The van der Waals surface area contributed by atoms with Gasteiger partial charge >= 0.3 is 6.09 Å². The lowest BCUT2D eigenvalue weighted by Crippen LogP contribution is -2.25. The summed E-state index contributed by atoms with van der Waals surface area (Å²) in [4.78, 5) is 14.7. The van der Waals surface area contributed by atoms with Crippen molar-refractivity contribution in [3.63, 3.8) is 0 Å². The second-order valence-corrected chi connectivity index (χ2v) is 4.79. The quantitative estimate of drug-likeness (QED) is 0.690. The molecule has 1 heterocycles. The molecular weight excluding hydrogens is 305 g/mol. The molecule has 0 spiro atoms. The Balaban J connectivity index is 1.98. The molecule has 23 heavy (non-hydrogen) atoms. The van der Waals surface area contributed by atoms with Crippen LogP contribution in [0.5, 0.6) is 5.75 Å². The van der Waals surface area contributed by atoms with Crippen molar-refractivity contribution in [1.29, 1.82) is 0 Å². The molecule has 0 saturated heterocycles.